The van der Waals surface area contributed by atoms with Crippen LogP contribution < -0.4 is 15.2 Å². The predicted molar refractivity (Wildman–Crippen MR) is 133 cm³/mol. The van der Waals surface area contributed by atoms with Crippen LogP contribution in [0.25, 0.3) is 27.9 Å². The van der Waals surface area contributed by atoms with E-state index in [0.717, 1.165) is 11.3 Å². The van der Waals surface area contributed by atoms with Gasteiger partial charge in [0, 0.05) is 0 Å². The predicted octanol–water partition coefficient (Wildman–Crippen LogP) is 5.92. The second-order valence-electron chi connectivity index (χ2n) is 7.44. The number of anilines is 1. The Kier molecular flexibility index (Phi) is 5.62. The van der Waals surface area contributed by atoms with Crippen molar-refractivity contribution in [2.75, 3.05) is 12.8 Å². The Bertz CT molecular complexity index is 1590. The third-order valence-electron chi connectivity index (χ3n) is 5.42. The van der Waals surface area contributed by atoms with Gasteiger partial charge < -0.3 is 15.2 Å². The molecule has 5 aromatic rings. The van der Waals surface area contributed by atoms with Gasteiger partial charge in [0.2, 0.25) is 0 Å². The van der Waals surface area contributed by atoms with E-state index in [4.69, 9.17) is 43.4 Å². The molecule has 3 aromatic carbocycles. The molecule has 2 heterocycles. The Morgan fingerprint density at radius 1 is 1.00 bits per heavy atom. The minimum Gasteiger partial charge on any atom is -0.497 e. The van der Waals surface area contributed by atoms with Gasteiger partial charge in [0.1, 0.15) is 46.1 Å². The minimum atomic E-state index is 0.143. The number of para-hydroxylation sites is 2. The molecular weight excluding hydrogens is 473 g/mol. The first-order chi connectivity index (χ1) is 16.5. The fourth-order valence-electron chi connectivity index (χ4n) is 3.72. The lowest BCUT2D eigenvalue weighted by Gasteiger charge is -2.15. The van der Waals surface area contributed by atoms with E-state index in [9.17, 15) is 5.26 Å². The van der Waals surface area contributed by atoms with Gasteiger partial charge in [0.05, 0.1) is 28.9 Å². The highest BCUT2D eigenvalue weighted by Crippen LogP contribution is 2.41. The van der Waals surface area contributed by atoms with Crippen LogP contribution in [0.2, 0.25) is 10.0 Å². The number of nitrogen functional groups attached to an aromatic ring is 1. The molecule has 0 aliphatic rings. The van der Waals surface area contributed by atoms with Gasteiger partial charge in [-0.15, -0.1) is 0 Å². The summed E-state index contributed by atoms with van der Waals surface area (Å²) in [6.07, 6.45) is 0. The van der Waals surface area contributed by atoms with Crippen molar-refractivity contribution >= 4 is 51.2 Å². The first-order valence-electron chi connectivity index (χ1n) is 10.2. The molecule has 0 spiro atoms. The highest BCUT2D eigenvalue weighted by Gasteiger charge is 2.24. The standard InChI is InChI=1S/C25H17Cl2N5O2/c1-33-15-8-6-14(7-9-15)13-34-20-11-10-17(26)23(21(20)27)32-24(29)16(12-28)22-25(32)31-19-5-3-2-4-18(19)30-22/h2-11H,13,29H2,1H3. The summed E-state index contributed by atoms with van der Waals surface area (Å²) in [5, 5.41) is 10.3. The van der Waals surface area contributed by atoms with E-state index >= 15 is 0 Å². The first-order valence-corrected chi connectivity index (χ1v) is 11.0. The van der Waals surface area contributed by atoms with Gasteiger partial charge in [0.15, 0.2) is 5.65 Å². The minimum absolute atomic E-state index is 0.143. The second-order valence-corrected chi connectivity index (χ2v) is 8.22. The van der Waals surface area contributed by atoms with E-state index in [1.165, 1.54) is 0 Å². The van der Waals surface area contributed by atoms with Crippen molar-refractivity contribution in [3.63, 3.8) is 0 Å². The van der Waals surface area contributed by atoms with E-state index in [1.807, 2.05) is 48.5 Å². The van der Waals surface area contributed by atoms with Crippen LogP contribution in [0.3, 0.4) is 0 Å². The lowest BCUT2D eigenvalue weighted by Crippen LogP contribution is -2.05. The van der Waals surface area contributed by atoms with Crippen molar-refractivity contribution in [1.29, 1.82) is 5.26 Å². The molecule has 0 radical (unpaired) electrons. The lowest BCUT2D eigenvalue weighted by atomic mass is 10.2. The van der Waals surface area contributed by atoms with Gasteiger partial charge in [-0.3, -0.25) is 4.57 Å². The maximum absolute atomic E-state index is 9.78. The molecule has 0 atom stereocenters. The maximum atomic E-state index is 9.78. The molecule has 0 aliphatic carbocycles. The smallest absolute Gasteiger partial charge is 0.167 e. The normalized spacial score (nSPS) is 11.0. The van der Waals surface area contributed by atoms with Crippen LogP contribution in [0.4, 0.5) is 5.82 Å². The molecule has 9 heteroatoms. The van der Waals surface area contributed by atoms with Gasteiger partial charge in [-0.05, 0) is 42.0 Å². The molecule has 168 valence electrons. The van der Waals surface area contributed by atoms with Gasteiger partial charge in [-0.1, -0.05) is 47.5 Å². The van der Waals surface area contributed by atoms with Crippen molar-refractivity contribution in [2.45, 2.75) is 6.61 Å². The van der Waals surface area contributed by atoms with Crippen LogP contribution in [0.5, 0.6) is 11.5 Å². The summed E-state index contributed by atoms with van der Waals surface area (Å²) in [6.45, 7) is 0.278. The summed E-state index contributed by atoms with van der Waals surface area (Å²) < 4.78 is 12.7. The van der Waals surface area contributed by atoms with Crippen LogP contribution in [0.15, 0.2) is 60.7 Å². The summed E-state index contributed by atoms with van der Waals surface area (Å²) >= 11 is 13.3. The lowest BCUT2D eigenvalue weighted by molar-refractivity contribution is 0.306. The Morgan fingerprint density at radius 3 is 2.38 bits per heavy atom. The molecule has 0 saturated heterocycles. The molecular formula is C25H17Cl2N5O2. The molecule has 0 aliphatic heterocycles. The van der Waals surface area contributed by atoms with Gasteiger partial charge in [-0.2, -0.15) is 5.26 Å². The zero-order chi connectivity index (χ0) is 23.8. The van der Waals surface area contributed by atoms with Crippen molar-refractivity contribution in [3.8, 4) is 23.3 Å². The van der Waals surface area contributed by atoms with E-state index in [1.54, 1.807) is 23.8 Å². The van der Waals surface area contributed by atoms with Gasteiger partial charge in [-0.25, -0.2) is 9.97 Å². The Labute approximate surface area is 204 Å². The fraction of sp³-hybridized carbons (Fsp3) is 0.0800. The van der Waals surface area contributed by atoms with Crippen LogP contribution >= 0.6 is 23.2 Å². The van der Waals surface area contributed by atoms with Crippen LogP contribution in [-0.2, 0) is 6.61 Å². The number of aromatic nitrogens is 3. The average molecular weight is 490 g/mol. The number of benzene rings is 3. The number of fused-ring (bicyclic) bond motifs is 2. The SMILES string of the molecule is COc1ccc(COc2ccc(Cl)c(-n3c(N)c(C#N)c4nc5ccccc5nc43)c2Cl)cc1. The van der Waals surface area contributed by atoms with E-state index in [0.29, 0.717) is 38.7 Å². The number of nitrogens with two attached hydrogens (primary N) is 1. The number of nitriles is 1. The van der Waals surface area contributed by atoms with E-state index < -0.39 is 0 Å². The molecule has 0 amide bonds. The molecule has 2 N–H and O–H groups in total. The molecule has 0 bridgehead atoms. The number of hydrogen-bond acceptors (Lipinski definition) is 6. The monoisotopic (exact) mass is 489 g/mol. The quantitative estimate of drug-likeness (QED) is 0.328. The highest BCUT2D eigenvalue weighted by molar-refractivity contribution is 6.39. The molecule has 0 saturated carbocycles. The van der Waals surface area contributed by atoms with E-state index in [2.05, 4.69) is 11.1 Å². The zero-order valence-corrected chi connectivity index (χ0v) is 19.4. The van der Waals surface area contributed by atoms with Crippen LogP contribution in [-0.4, -0.2) is 21.6 Å². The number of halogens is 2. The molecule has 0 fully saturated rings. The summed E-state index contributed by atoms with van der Waals surface area (Å²) in [5.74, 6) is 1.31. The third-order valence-corrected chi connectivity index (χ3v) is 6.09. The van der Waals surface area contributed by atoms with Crippen LogP contribution in [0.1, 0.15) is 11.1 Å². The number of rotatable bonds is 5. The zero-order valence-electron chi connectivity index (χ0n) is 17.9. The molecule has 5 rings (SSSR count). The summed E-state index contributed by atoms with van der Waals surface area (Å²) in [4.78, 5) is 9.32. The van der Waals surface area contributed by atoms with Crippen molar-refractivity contribution in [1.82, 2.24) is 14.5 Å². The summed E-state index contributed by atoms with van der Waals surface area (Å²) in [7, 11) is 1.61. The third kappa shape index (κ3) is 3.63. The Morgan fingerprint density at radius 2 is 1.71 bits per heavy atom. The van der Waals surface area contributed by atoms with E-state index in [-0.39, 0.29) is 23.0 Å². The number of ether oxygens (including phenoxy) is 2. The highest BCUT2D eigenvalue weighted by atomic mass is 35.5. The number of nitrogens with zero attached hydrogens (tertiary/aromatic N) is 4. The number of methoxy groups -OCH3 is 1. The largest absolute Gasteiger partial charge is 0.497 e. The first kappa shape index (κ1) is 21.8. The Balaban J connectivity index is 1.63. The van der Waals surface area contributed by atoms with Gasteiger partial charge >= 0.3 is 0 Å². The summed E-state index contributed by atoms with van der Waals surface area (Å²) in [6, 6.07) is 20.4. The van der Waals surface area contributed by atoms with Crippen molar-refractivity contribution in [3.05, 3.63) is 81.8 Å². The molecule has 34 heavy (non-hydrogen) atoms. The van der Waals surface area contributed by atoms with Crippen molar-refractivity contribution < 1.29 is 9.47 Å². The fourth-order valence-corrected chi connectivity index (χ4v) is 4.31. The molecule has 2 aromatic heterocycles. The van der Waals surface area contributed by atoms with Gasteiger partial charge in [0.25, 0.3) is 0 Å². The Hall–Kier alpha value is -3.99. The van der Waals surface area contributed by atoms with Crippen molar-refractivity contribution in [2.24, 2.45) is 0 Å². The maximum Gasteiger partial charge on any atom is 0.167 e. The topological polar surface area (TPSA) is 99.0 Å². The summed E-state index contributed by atoms with van der Waals surface area (Å²) in [5.41, 5.74) is 9.94. The van der Waals surface area contributed by atoms with Crippen LogP contribution in [0, 0.1) is 11.3 Å². The second kappa shape index (κ2) is 8.75. The molecule has 7 nitrogen and oxygen atoms in total. The molecule has 0 unspecified atom stereocenters. The average Bonchev–Trinajstić information content (AvgIpc) is 3.12. The number of hydrogen-bond donors (Lipinski definition) is 1.